The molecule has 1 fully saturated rings. The van der Waals surface area contributed by atoms with Gasteiger partial charge >= 0.3 is 0 Å². The molecule has 2 heterocycles. The molecule has 1 amide bonds. The lowest BCUT2D eigenvalue weighted by molar-refractivity contribution is -0.122. The molecule has 3 rings (SSSR count). The highest BCUT2D eigenvalue weighted by molar-refractivity contribution is 5.78. The molecule has 0 aromatic heterocycles. The van der Waals surface area contributed by atoms with Crippen molar-refractivity contribution in [2.24, 2.45) is 5.92 Å². The van der Waals surface area contributed by atoms with E-state index in [9.17, 15) is 4.79 Å². The van der Waals surface area contributed by atoms with Crippen LogP contribution in [0.2, 0.25) is 0 Å². The zero-order valence-electron chi connectivity index (χ0n) is 12.4. The molecule has 116 valence electrons. The fourth-order valence-electron chi connectivity index (χ4n) is 2.73. The van der Waals surface area contributed by atoms with Gasteiger partial charge in [0.2, 0.25) is 12.7 Å². The lowest BCUT2D eigenvalue weighted by Crippen LogP contribution is -2.41. The standard InChI is InChI=1S/C16H19N3O3/c17-8-12-3-5-19(6-4-12)10-16(20)18-9-13-1-2-14-15(7-13)22-11-21-14/h1-2,7,12H,3-6,9-11H2,(H,18,20). The topological polar surface area (TPSA) is 74.6 Å². The Kier molecular flexibility index (Phi) is 4.45. The molecule has 0 atom stereocenters. The van der Waals surface area contributed by atoms with E-state index in [-0.39, 0.29) is 18.6 Å². The fraction of sp³-hybridized carbons (Fsp3) is 0.500. The lowest BCUT2D eigenvalue weighted by Gasteiger charge is -2.28. The van der Waals surface area contributed by atoms with Gasteiger partial charge in [0, 0.05) is 12.5 Å². The molecule has 6 nitrogen and oxygen atoms in total. The van der Waals surface area contributed by atoms with Crippen LogP contribution in [-0.4, -0.2) is 37.2 Å². The number of hydrogen-bond donors (Lipinski definition) is 1. The molecule has 0 spiro atoms. The monoisotopic (exact) mass is 301 g/mol. The normalized spacial score (nSPS) is 18.0. The summed E-state index contributed by atoms with van der Waals surface area (Å²) in [6.45, 7) is 2.75. The van der Waals surface area contributed by atoms with E-state index in [1.54, 1.807) is 0 Å². The van der Waals surface area contributed by atoms with E-state index < -0.39 is 0 Å². The third-order valence-corrected chi connectivity index (χ3v) is 4.06. The van der Waals surface area contributed by atoms with Crippen molar-refractivity contribution in [2.75, 3.05) is 26.4 Å². The summed E-state index contributed by atoms with van der Waals surface area (Å²) >= 11 is 0. The molecule has 1 saturated heterocycles. The van der Waals surface area contributed by atoms with E-state index in [0.29, 0.717) is 13.1 Å². The Labute approximate surface area is 129 Å². The van der Waals surface area contributed by atoms with Crippen LogP contribution < -0.4 is 14.8 Å². The van der Waals surface area contributed by atoms with Crippen molar-refractivity contribution < 1.29 is 14.3 Å². The third-order valence-electron chi connectivity index (χ3n) is 4.06. The molecule has 0 unspecified atom stereocenters. The number of nitriles is 1. The quantitative estimate of drug-likeness (QED) is 0.906. The van der Waals surface area contributed by atoms with Gasteiger partial charge in [0.05, 0.1) is 12.6 Å². The Balaban J connectivity index is 1.44. The van der Waals surface area contributed by atoms with Crippen molar-refractivity contribution >= 4 is 5.91 Å². The molecule has 0 saturated carbocycles. The van der Waals surface area contributed by atoms with Crippen LogP contribution in [0.15, 0.2) is 18.2 Å². The number of hydrogen-bond acceptors (Lipinski definition) is 5. The first kappa shape index (κ1) is 14.7. The van der Waals surface area contributed by atoms with Crippen molar-refractivity contribution in [3.05, 3.63) is 23.8 Å². The van der Waals surface area contributed by atoms with Crippen LogP contribution >= 0.6 is 0 Å². The van der Waals surface area contributed by atoms with Crippen molar-refractivity contribution in [3.63, 3.8) is 0 Å². The number of nitrogens with zero attached hydrogens (tertiary/aromatic N) is 2. The van der Waals surface area contributed by atoms with Crippen LogP contribution in [0.5, 0.6) is 11.5 Å². The molecule has 0 bridgehead atoms. The molecule has 1 aromatic carbocycles. The highest BCUT2D eigenvalue weighted by atomic mass is 16.7. The van der Waals surface area contributed by atoms with Crippen LogP contribution in [0.4, 0.5) is 0 Å². The first-order valence-electron chi connectivity index (χ1n) is 7.52. The maximum absolute atomic E-state index is 12.0. The van der Waals surface area contributed by atoms with Gasteiger partial charge in [-0.2, -0.15) is 5.26 Å². The number of fused-ring (bicyclic) bond motifs is 1. The Morgan fingerprint density at radius 1 is 1.32 bits per heavy atom. The summed E-state index contributed by atoms with van der Waals surface area (Å²) in [7, 11) is 0. The summed E-state index contributed by atoms with van der Waals surface area (Å²) in [5, 5.41) is 11.8. The maximum atomic E-state index is 12.0. The average Bonchev–Trinajstić information content (AvgIpc) is 3.01. The van der Waals surface area contributed by atoms with Gasteiger partial charge in [0.15, 0.2) is 11.5 Å². The summed E-state index contributed by atoms with van der Waals surface area (Å²) in [4.78, 5) is 14.1. The number of amides is 1. The predicted molar refractivity (Wildman–Crippen MR) is 79.2 cm³/mol. The van der Waals surface area contributed by atoms with Gasteiger partial charge in [-0.1, -0.05) is 6.07 Å². The zero-order chi connectivity index (χ0) is 15.4. The van der Waals surface area contributed by atoms with Crippen LogP contribution in [0, 0.1) is 17.2 Å². The van der Waals surface area contributed by atoms with Crippen LogP contribution in [0.1, 0.15) is 18.4 Å². The van der Waals surface area contributed by atoms with Gasteiger partial charge in [-0.05, 0) is 43.6 Å². The van der Waals surface area contributed by atoms with Crippen LogP contribution in [0.3, 0.4) is 0 Å². The Hall–Kier alpha value is -2.26. The smallest absolute Gasteiger partial charge is 0.234 e. The molecular formula is C16H19N3O3. The minimum atomic E-state index is 0.00748. The number of rotatable bonds is 4. The van der Waals surface area contributed by atoms with Gasteiger partial charge < -0.3 is 14.8 Å². The molecule has 0 aliphatic carbocycles. The van der Waals surface area contributed by atoms with E-state index in [0.717, 1.165) is 43.0 Å². The first-order chi connectivity index (χ1) is 10.7. The minimum absolute atomic E-state index is 0.00748. The number of likely N-dealkylation sites (tertiary alicyclic amines) is 1. The molecule has 2 aliphatic rings. The van der Waals surface area contributed by atoms with Crippen LogP contribution in [0.25, 0.3) is 0 Å². The number of benzene rings is 1. The van der Waals surface area contributed by atoms with E-state index in [4.69, 9.17) is 14.7 Å². The molecule has 1 N–H and O–H groups in total. The Morgan fingerprint density at radius 2 is 2.09 bits per heavy atom. The predicted octanol–water partition coefficient (Wildman–Crippen LogP) is 1.27. The van der Waals surface area contributed by atoms with Crippen molar-refractivity contribution in [2.45, 2.75) is 19.4 Å². The fourth-order valence-corrected chi connectivity index (χ4v) is 2.73. The molecule has 1 aromatic rings. The number of carbonyl (C=O) groups is 1. The van der Waals surface area contributed by atoms with E-state index >= 15 is 0 Å². The molecule has 6 heteroatoms. The number of ether oxygens (including phenoxy) is 2. The number of nitrogens with one attached hydrogen (secondary N) is 1. The Morgan fingerprint density at radius 3 is 2.86 bits per heavy atom. The van der Waals surface area contributed by atoms with Crippen molar-refractivity contribution in [1.82, 2.24) is 10.2 Å². The highest BCUT2D eigenvalue weighted by Crippen LogP contribution is 2.32. The van der Waals surface area contributed by atoms with Crippen molar-refractivity contribution in [1.29, 1.82) is 5.26 Å². The summed E-state index contributed by atoms with van der Waals surface area (Å²) < 4.78 is 10.6. The summed E-state index contributed by atoms with van der Waals surface area (Å²) in [5.41, 5.74) is 0.987. The molecular weight excluding hydrogens is 282 g/mol. The zero-order valence-corrected chi connectivity index (χ0v) is 12.4. The van der Waals surface area contributed by atoms with E-state index in [1.165, 1.54) is 0 Å². The SMILES string of the molecule is N#CC1CCN(CC(=O)NCc2ccc3c(c2)OCO3)CC1. The minimum Gasteiger partial charge on any atom is -0.454 e. The van der Waals surface area contributed by atoms with Gasteiger partial charge in [-0.25, -0.2) is 0 Å². The first-order valence-corrected chi connectivity index (χ1v) is 7.52. The lowest BCUT2D eigenvalue weighted by atomic mass is 9.99. The van der Waals surface area contributed by atoms with Gasteiger partial charge in [-0.15, -0.1) is 0 Å². The number of carbonyl (C=O) groups excluding carboxylic acids is 1. The van der Waals surface area contributed by atoms with E-state index in [2.05, 4.69) is 16.3 Å². The molecule has 0 radical (unpaired) electrons. The van der Waals surface area contributed by atoms with Crippen molar-refractivity contribution in [3.8, 4) is 17.6 Å². The summed E-state index contributed by atoms with van der Waals surface area (Å²) in [5.74, 6) is 1.63. The number of piperidine rings is 1. The molecule has 2 aliphatic heterocycles. The van der Waals surface area contributed by atoms with Gasteiger partial charge in [-0.3, -0.25) is 9.69 Å². The Bertz CT molecular complexity index is 589. The van der Waals surface area contributed by atoms with Crippen LogP contribution in [-0.2, 0) is 11.3 Å². The third kappa shape index (κ3) is 3.49. The highest BCUT2D eigenvalue weighted by Gasteiger charge is 2.20. The second-order valence-electron chi connectivity index (χ2n) is 5.64. The molecule has 22 heavy (non-hydrogen) atoms. The second-order valence-corrected chi connectivity index (χ2v) is 5.64. The average molecular weight is 301 g/mol. The van der Waals surface area contributed by atoms with Gasteiger partial charge in [0.1, 0.15) is 0 Å². The second kappa shape index (κ2) is 6.67. The largest absolute Gasteiger partial charge is 0.454 e. The maximum Gasteiger partial charge on any atom is 0.234 e. The van der Waals surface area contributed by atoms with E-state index in [1.807, 2.05) is 18.2 Å². The summed E-state index contributed by atoms with van der Waals surface area (Å²) in [6.07, 6.45) is 1.71. The summed E-state index contributed by atoms with van der Waals surface area (Å²) in [6, 6.07) is 7.97. The van der Waals surface area contributed by atoms with Gasteiger partial charge in [0.25, 0.3) is 0 Å².